The van der Waals surface area contributed by atoms with Gasteiger partial charge in [-0.2, -0.15) is 0 Å². The summed E-state index contributed by atoms with van der Waals surface area (Å²) in [5.41, 5.74) is -2.64. The van der Waals surface area contributed by atoms with Gasteiger partial charge in [0.1, 0.15) is 11.4 Å². The first kappa shape index (κ1) is 14.2. The van der Waals surface area contributed by atoms with Crippen LogP contribution < -0.4 is 10.6 Å². The van der Waals surface area contributed by atoms with Gasteiger partial charge in [-0.05, 0) is 25.2 Å². The number of halogens is 2. The maximum Gasteiger partial charge on any atom is 0.181 e. The van der Waals surface area contributed by atoms with Crippen molar-refractivity contribution in [2.75, 3.05) is 39.2 Å². The number of nitrogens with one attached hydrogen (secondary N) is 2. The van der Waals surface area contributed by atoms with Gasteiger partial charge in [-0.3, -0.25) is 0 Å². The SMILES string of the molecule is CNc1ccc(F)c(C2(NC)COCC2(F)CO)c1. The van der Waals surface area contributed by atoms with Crippen LogP contribution in [-0.4, -0.2) is 44.7 Å². The van der Waals surface area contributed by atoms with Gasteiger partial charge in [-0.25, -0.2) is 8.78 Å². The van der Waals surface area contributed by atoms with Gasteiger partial charge in [0.15, 0.2) is 5.67 Å². The average molecular weight is 272 g/mol. The molecule has 6 heteroatoms. The molecule has 1 aromatic carbocycles. The Hall–Kier alpha value is -1.24. The molecule has 0 spiro atoms. The zero-order valence-electron chi connectivity index (χ0n) is 11.0. The molecule has 1 saturated heterocycles. The summed E-state index contributed by atoms with van der Waals surface area (Å²) >= 11 is 0. The molecule has 0 radical (unpaired) electrons. The summed E-state index contributed by atoms with van der Waals surface area (Å²) in [6, 6.07) is 4.37. The van der Waals surface area contributed by atoms with Crippen LogP contribution in [0, 0.1) is 5.82 Å². The zero-order chi connectivity index (χ0) is 14.1. The van der Waals surface area contributed by atoms with Gasteiger partial charge in [0, 0.05) is 18.3 Å². The predicted octanol–water partition coefficient (Wildman–Crippen LogP) is 1.01. The highest BCUT2D eigenvalue weighted by molar-refractivity contribution is 5.49. The third kappa shape index (κ3) is 2.00. The van der Waals surface area contributed by atoms with E-state index >= 15 is 0 Å². The molecule has 0 saturated carbocycles. The fraction of sp³-hybridized carbons (Fsp3) is 0.538. The fourth-order valence-electron chi connectivity index (χ4n) is 2.56. The maximum atomic E-state index is 14.8. The highest BCUT2D eigenvalue weighted by Crippen LogP contribution is 2.42. The average Bonchev–Trinajstić information content (AvgIpc) is 2.78. The molecule has 1 aliphatic heterocycles. The lowest BCUT2D eigenvalue weighted by Gasteiger charge is -2.38. The van der Waals surface area contributed by atoms with Crippen molar-refractivity contribution in [3.05, 3.63) is 29.6 Å². The normalized spacial score (nSPS) is 30.6. The monoisotopic (exact) mass is 272 g/mol. The second-order valence-electron chi connectivity index (χ2n) is 4.72. The second kappa shape index (κ2) is 5.03. The Morgan fingerprint density at radius 3 is 2.68 bits per heavy atom. The molecule has 0 aliphatic carbocycles. The van der Waals surface area contributed by atoms with E-state index in [1.54, 1.807) is 13.1 Å². The van der Waals surface area contributed by atoms with Crippen LogP contribution in [0.15, 0.2) is 18.2 Å². The molecule has 1 aliphatic rings. The van der Waals surface area contributed by atoms with Gasteiger partial charge in [-0.1, -0.05) is 0 Å². The highest BCUT2D eigenvalue weighted by Gasteiger charge is 2.58. The summed E-state index contributed by atoms with van der Waals surface area (Å²) in [6.45, 7) is -1.05. The topological polar surface area (TPSA) is 53.5 Å². The molecule has 1 fully saturated rings. The van der Waals surface area contributed by atoms with Crippen molar-refractivity contribution in [2.45, 2.75) is 11.2 Å². The van der Waals surface area contributed by atoms with Crippen LogP contribution in [0.2, 0.25) is 0 Å². The molecule has 106 valence electrons. The minimum absolute atomic E-state index is 0.0371. The number of hydrogen-bond donors (Lipinski definition) is 3. The summed E-state index contributed by atoms with van der Waals surface area (Å²) in [7, 11) is 3.23. The van der Waals surface area contributed by atoms with Gasteiger partial charge in [0.2, 0.25) is 0 Å². The number of rotatable bonds is 4. The fourth-order valence-corrected chi connectivity index (χ4v) is 2.56. The van der Waals surface area contributed by atoms with Crippen molar-refractivity contribution in [3.8, 4) is 0 Å². The number of ether oxygens (including phenoxy) is 1. The van der Waals surface area contributed by atoms with Crippen molar-refractivity contribution in [1.29, 1.82) is 0 Å². The van der Waals surface area contributed by atoms with E-state index in [0.717, 1.165) is 0 Å². The van der Waals surface area contributed by atoms with E-state index < -0.39 is 23.6 Å². The van der Waals surface area contributed by atoms with Crippen LogP contribution in [-0.2, 0) is 10.3 Å². The second-order valence-corrected chi connectivity index (χ2v) is 4.72. The molecule has 2 rings (SSSR count). The standard InChI is InChI=1S/C13H18F2N2O2/c1-16-9-3-4-11(14)10(5-9)13(17-2)8-19-7-12(13,15)6-18/h3-5,16-18H,6-8H2,1-2H3. The van der Waals surface area contributed by atoms with Crippen LogP contribution >= 0.6 is 0 Å². The molecule has 0 aromatic heterocycles. The van der Waals surface area contributed by atoms with E-state index in [0.29, 0.717) is 5.69 Å². The van der Waals surface area contributed by atoms with E-state index in [2.05, 4.69) is 10.6 Å². The molecule has 1 heterocycles. The van der Waals surface area contributed by atoms with Crippen LogP contribution in [0.4, 0.5) is 14.5 Å². The summed E-state index contributed by atoms with van der Waals surface area (Å²) in [4.78, 5) is 0. The van der Waals surface area contributed by atoms with Gasteiger partial charge in [0.05, 0.1) is 19.8 Å². The lowest BCUT2D eigenvalue weighted by Crippen LogP contribution is -2.58. The molecule has 2 unspecified atom stereocenters. The van der Waals surface area contributed by atoms with Crippen molar-refractivity contribution in [1.82, 2.24) is 5.32 Å². The number of likely N-dealkylation sites (N-methyl/N-ethyl adjacent to an activating group) is 1. The lowest BCUT2D eigenvalue weighted by molar-refractivity contribution is 0.00871. The Bertz CT molecular complexity index is 472. The molecule has 0 bridgehead atoms. The molecular formula is C13H18F2N2O2. The van der Waals surface area contributed by atoms with E-state index in [4.69, 9.17) is 4.74 Å². The summed E-state index contributed by atoms with van der Waals surface area (Å²) in [6.07, 6.45) is 0. The van der Waals surface area contributed by atoms with Crippen molar-refractivity contribution in [3.63, 3.8) is 0 Å². The Morgan fingerprint density at radius 2 is 2.11 bits per heavy atom. The van der Waals surface area contributed by atoms with Crippen LogP contribution in [0.25, 0.3) is 0 Å². The molecular weight excluding hydrogens is 254 g/mol. The molecule has 0 amide bonds. The molecule has 19 heavy (non-hydrogen) atoms. The Morgan fingerprint density at radius 1 is 1.37 bits per heavy atom. The van der Waals surface area contributed by atoms with Crippen molar-refractivity contribution >= 4 is 5.69 Å². The van der Waals surface area contributed by atoms with E-state index in [9.17, 15) is 13.9 Å². The maximum absolute atomic E-state index is 14.8. The van der Waals surface area contributed by atoms with Gasteiger partial charge in [0.25, 0.3) is 0 Å². The Kier molecular flexibility index (Phi) is 3.75. The highest BCUT2D eigenvalue weighted by atomic mass is 19.1. The van der Waals surface area contributed by atoms with E-state index in [1.807, 2.05) is 0 Å². The minimum atomic E-state index is -2.06. The number of benzene rings is 1. The van der Waals surface area contributed by atoms with Crippen LogP contribution in [0.1, 0.15) is 5.56 Å². The Balaban J connectivity index is 2.58. The van der Waals surface area contributed by atoms with E-state index in [-0.39, 0.29) is 18.8 Å². The zero-order valence-corrected chi connectivity index (χ0v) is 11.0. The van der Waals surface area contributed by atoms with E-state index in [1.165, 1.54) is 19.2 Å². The number of alkyl halides is 1. The molecule has 4 nitrogen and oxygen atoms in total. The van der Waals surface area contributed by atoms with Gasteiger partial charge >= 0.3 is 0 Å². The van der Waals surface area contributed by atoms with Crippen molar-refractivity contribution in [2.24, 2.45) is 0 Å². The van der Waals surface area contributed by atoms with Crippen LogP contribution in [0.5, 0.6) is 0 Å². The van der Waals surface area contributed by atoms with Gasteiger partial charge < -0.3 is 20.5 Å². The number of aliphatic hydroxyl groups excluding tert-OH is 1. The third-order valence-corrected chi connectivity index (χ3v) is 3.81. The first-order valence-electron chi connectivity index (χ1n) is 6.07. The summed E-state index contributed by atoms with van der Waals surface area (Å²) in [5, 5.41) is 15.0. The minimum Gasteiger partial charge on any atom is -0.393 e. The smallest absolute Gasteiger partial charge is 0.181 e. The quantitative estimate of drug-likeness (QED) is 0.766. The molecule has 1 aromatic rings. The number of hydrogen-bond acceptors (Lipinski definition) is 4. The predicted molar refractivity (Wildman–Crippen MR) is 68.4 cm³/mol. The van der Waals surface area contributed by atoms with Crippen molar-refractivity contribution < 1.29 is 18.6 Å². The van der Waals surface area contributed by atoms with Crippen LogP contribution in [0.3, 0.4) is 0 Å². The first-order chi connectivity index (χ1) is 9.03. The molecule has 2 atom stereocenters. The largest absolute Gasteiger partial charge is 0.393 e. The van der Waals surface area contributed by atoms with Gasteiger partial charge in [-0.15, -0.1) is 0 Å². The lowest BCUT2D eigenvalue weighted by atomic mass is 9.78. The number of anilines is 1. The first-order valence-corrected chi connectivity index (χ1v) is 6.07. The number of aliphatic hydroxyl groups is 1. The summed E-state index contributed by atoms with van der Waals surface area (Å²) in [5.74, 6) is -0.533. The third-order valence-electron chi connectivity index (χ3n) is 3.81. The Labute approximate surface area is 110 Å². The summed E-state index contributed by atoms with van der Waals surface area (Å²) < 4.78 is 34.1. The molecule has 3 N–H and O–H groups in total.